The Morgan fingerprint density at radius 2 is 0.829 bits per heavy atom. The van der Waals surface area contributed by atoms with E-state index in [4.69, 9.17) is 0 Å². The lowest BCUT2D eigenvalue weighted by atomic mass is 9.96. The van der Waals surface area contributed by atoms with Crippen LogP contribution < -0.4 is 5.56 Å². The van der Waals surface area contributed by atoms with E-state index in [0.29, 0.717) is 5.82 Å². The SMILES string of the molecule is CC.CC.CC.CC.CC.CC.CC.CC.CC.CC.CC.CC.CC.CC.CC.CC.CC.CC.CC.Cc1nc2sc(C)c(C)c2c(=O)[nH]1.Cc1nn(C)c2ccccc12.Cc1sc2c(c1C)CCCC2.Cn1ccc2ccccc21.Cn1cccc1.c1ccncc1.c1ccoc1.c1ccsc1. The third-order valence-corrected chi connectivity index (χ3v) is 13.8. The fraction of sp³-hybridized carbons (Fsp3) is 0.548. The van der Waals surface area contributed by atoms with Crippen molar-refractivity contribution in [2.24, 2.45) is 21.1 Å². The molecule has 9 heterocycles. The van der Waals surface area contributed by atoms with E-state index in [0.717, 1.165) is 21.5 Å². The first-order valence-electron chi connectivity index (χ1n) is 41.2. The normalized spacial score (nSPS) is 8.03. The average molecular weight is 1520 g/mol. The summed E-state index contributed by atoms with van der Waals surface area (Å²) in [5.74, 6) is 0.679. The second kappa shape index (κ2) is 121. The number of thiophene rings is 3. The van der Waals surface area contributed by atoms with Gasteiger partial charge in [-0.15, -0.1) is 22.7 Å². The van der Waals surface area contributed by atoms with Crippen molar-refractivity contribution in [2.75, 3.05) is 0 Å². The summed E-state index contributed by atoms with van der Waals surface area (Å²) in [7, 11) is 6.03. The molecule has 0 unspecified atom stereocenters. The Morgan fingerprint density at radius 1 is 0.419 bits per heavy atom. The van der Waals surface area contributed by atoms with E-state index < -0.39 is 0 Å². The summed E-state index contributed by atoms with van der Waals surface area (Å²) < 4.78 is 10.6. The summed E-state index contributed by atoms with van der Waals surface area (Å²) in [5, 5.41) is 11.7. The van der Waals surface area contributed by atoms with E-state index in [1.54, 1.807) is 70.5 Å². The van der Waals surface area contributed by atoms with Crippen LogP contribution in [0.1, 0.15) is 319 Å². The number of pyridine rings is 1. The van der Waals surface area contributed by atoms with Crippen molar-refractivity contribution in [1.82, 2.24) is 33.9 Å². The van der Waals surface area contributed by atoms with Crippen molar-refractivity contribution < 1.29 is 4.42 Å². The molecule has 2 aromatic carbocycles. The lowest BCUT2D eigenvalue weighted by Crippen LogP contribution is -2.08. The largest absolute Gasteiger partial charge is 0.473 e. The van der Waals surface area contributed by atoms with Crippen LogP contribution in [0, 0.1) is 41.5 Å². The molecule has 0 amide bonds. The number of aromatic amines is 1. The molecule has 1 N–H and O–H groups in total. The van der Waals surface area contributed by atoms with Gasteiger partial charge in [-0.25, -0.2) is 4.98 Å². The van der Waals surface area contributed by atoms with E-state index in [1.165, 1.54) is 57.2 Å². The van der Waals surface area contributed by atoms with E-state index in [-0.39, 0.29) is 5.56 Å². The molecule has 12 heteroatoms. The van der Waals surface area contributed by atoms with Crippen LogP contribution in [-0.4, -0.2) is 33.9 Å². The average Bonchev–Trinajstić information content (AvgIpc) is 1.69. The molecule has 0 saturated carbocycles. The molecule has 9 nitrogen and oxygen atoms in total. The van der Waals surface area contributed by atoms with Gasteiger partial charge in [0.15, 0.2) is 0 Å². The number of para-hydroxylation sites is 2. The minimum atomic E-state index is -0.0237. The number of hydrogen-bond donors (Lipinski definition) is 1. The maximum absolute atomic E-state index is 11.5. The van der Waals surface area contributed by atoms with Crippen LogP contribution in [-0.2, 0) is 34.0 Å². The van der Waals surface area contributed by atoms with Crippen molar-refractivity contribution in [3.05, 3.63) is 217 Å². The first-order chi connectivity index (χ1) is 51.4. The number of rotatable bonds is 0. The number of nitrogens with zero attached hydrogens (tertiary/aromatic N) is 6. The lowest BCUT2D eigenvalue weighted by Gasteiger charge is -2.10. The van der Waals surface area contributed by atoms with Crippen LogP contribution >= 0.6 is 34.0 Å². The minimum Gasteiger partial charge on any atom is -0.473 e. The second-order valence-electron chi connectivity index (χ2n) is 15.7. The van der Waals surface area contributed by atoms with Crippen molar-refractivity contribution in [2.45, 2.75) is 330 Å². The van der Waals surface area contributed by atoms with E-state index in [1.807, 2.05) is 408 Å². The molecule has 12 rings (SSSR count). The molecular formula is C93H177N7O2S3. The third kappa shape index (κ3) is 72.7. The Bertz CT molecular complexity index is 2990. The highest BCUT2D eigenvalue weighted by Gasteiger charge is 2.15. The van der Waals surface area contributed by atoms with Gasteiger partial charge in [0.1, 0.15) is 10.7 Å². The topological polar surface area (TPSA) is 99.5 Å². The number of aryl methyl sites for hydroxylation is 9. The first-order valence-corrected chi connectivity index (χ1v) is 43.8. The number of H-pyrrole nitrogens is 1. The molecule has 1 aliphatic rings. The second-order valence-corrected chi connectivity index (χ2v) is 19.0. The Morgan fingerprint density at radius 3 is 1.17 bits per heavy atom. The highest BCUT2D eigenvalue weighted by molar-refractivity contribution is 7.18. The molecule has 0 atom stereocenters. The monoisotopic (exact) mass is 1520 g/mol. The highest BCUT2D eigenvalue weighted by atomic mass is 32.1. The van der Waals surface area contributed by atoms with Gasteiger partial charge in [0.25, 0.3) is 5.56 Å². The number of hydrogen-bond acceptors (Lipinski definition) is 8. The van der Waals surface area contributed by atoms with Crippen molar-refractivity contribution in [3.8, 4) is 0 Å². The van der Waals surface area contributed by atoms with Crippen LogP contribution in [0.4, 0.5) is 0 Å². The van der Waals surface area contributed by atoms with E-state index >= 15 is 0 Å². The zero-order chi connectivity index (χ0) is 86.0. The maximum Gasteiger partial charge on any atom is 0.259 e. The molecule has 1 aliphatic carbocycles. The van der Waals surface area contributed by atoms with Crippen molar-refractivity contribution >= 4 is 66.0 Å². The van der Waals surface area contributed by atoms with Crippen LogP contribution in [0.5, 0.6) is 0 Å². The number of benzene rings is 2. The van der Waals surface area contributed by atoms with Gasteiger partial charge >= 0.3 is 0 Å². The van der Waals surface area contributed by atoms with Gasteiger partial charge in [-0.2, -0.15) is 16.4 Å². The summed E-state index contributed by atoms with van der Waals surface area (Å²) in [6, 6.07) is 36.1. The smallest absolute Gasteiger partial charge is 0.259 e. The van der Waals surface area contributed by atoms with Crippen LogP contribution in [0.2, 0.25) is 0 Å². The Hall–Kier alpha value is -6.60. The predicted molar refractivity (Wildman–Crippen MR) is 502 cm³/mol. The molecule has 0 bridgehead atoms. The van der Waals surface area contributed by atoms with E-state index in [2.05, 4.69) is 98.6 Å². The zero-order valence-corrected chi connectivity index (χ0v) is 80.6. The maximum atomic E-state index is 11.5. The first kappa shape index (κ1) is 134. The number of aromatic nitrogens is 7. The zero-order valence-electron chi connectivity index (χ0n) is 78.1. The molecular weight excluding hydrogens is 1340 g/mol. The summed E-state index contributed by atoms with van der Waals surface area (Å²) in [5.41, 5.74) is 7.87. The Kier molecular flexibility index (Phi) is 155. The highest BCUT2D eigenvalue weighted by Crippen LogP contribution is 2.33. The molecule has 0 fully saturated rings. The third-order valence-electron chi connectivity index (χ3n) is 10.7. The number of fused-ring (bicyclic) bond motifs is 4. The van der Waals surface area contributed by atoms with Crippen molar-refractivity contribution in [1.29, 1.82) is 0 Å². The van der Waals surface area contributed by atoms with Crippen LogP contribution in [0.15, 0.2) is 173 Å². The standard InChI is InChI=1S/C10H14S.C9H10N2OS.C9H10N2.C9H9N.C5H7N.C5H5N.C4H4O.C4H4S.19C2H6/c1-7-8(2)11-10-6-4-3-5-9(7)10;1-4-5(2)13-9-7(4)8(12)10-6(3)11-9;1-7-8-5-3-4-6-9(8)11(2)10-7;1-10-7-6-8-4-2-3-5-9(8)10;1-6-4-2-3-5-6;1-2-4-6-5-3-1;2*1-2-4-5-3-1;19*1-2/h3-6H2,1-2H3;1-3H3,(H,10,11,12);3-6H,1-2H3;2-7H,1H3;2-5H,1H3;1-5H;2*1-4H;19*1-2H3. The van der Waals surface area contributed by atoms with Crippen LogP contribution in [0.3, 0.4) is 0 Å². The van der Waals surface area contributed by atoms with Gasteiger partial charge in [-0.1, -0.05) is 318 Å². The van der Waals surface area contributed by atoms with Gasteiger partial charge in [0.2, 0.25) is 0 Å². The molecule has 0 spiro atoms. The summed E-state index contributed by atoms with van der Waals surface area (Å²) >= 11 is 5.31. The van der Waals surface area contributed by atoms with Gasteiger partial charge < -0.3 is 18.5 Å². The number of furan rings is 1. The molecule has 614 valence electrons. The minimum absolute atomic E-state index is 0.0237. The molecule has 11 aromatic rings. The van der Waals surface area contributed by atoms with Gasteiger partial charge in [-0.3, -0.25) is 14.5 Å². The molecule has 105 heavy (non-hydrogen) atoms. The summed E-state index contributed by atoms with van der Waals surface area (Å²) in [6.45, 7) is 88.3. The van der Waals surface area contributed by atoms with Gasteiger partial charge in [0, 0.05) is 77.7 Å². The van der Waals surface area contributed by atoms with E-state index in [9.17, 15) is 4.79 Å². The molecule has 0 saturated heterocycles. The summed E-state index contributed by atoms with van der Waals surface area (Å²) in [4.78, 5) is 27.5. The van der Waals surface area contributed by atoms with Crippen LogP contribution in [0.25, 0.3) is 32.0 Å². The quantitative estimate of drug-likeness (QED) is 0.163. The molecule has 0 aliphatic heterocycles. The number of nitrogens with one attached hydrogen (secondary N) is 1. The van der Waals surface area contributed by atoms with Gasteiger partial charge in [0.05, 0.1) is 29.1 Å². The fourth-order valence-corrected chi connectivity index (χ4v) is 9.83. The Labute approximate surface area is 668 Å². The van der Waals surface area contributed by atoms with Crippen molar-refractivity contribution in [3.63, 3.8) is 0 Å². The van der Waals surface area contributed by atoms with Gasteiger partial charge in [-0.05, 0) is 155 Å². The lowest BCUT2D eigenvalue weighted by molar-refractivity contribution is 0.567. The Balaban J connectivity index is -0.0000000643. The fourth-order valence-electron chi connectivity index (χ4n) is 7.03. The summed E-state index contributed by atoms with van der Waals surface area (Å²) in [6.07, 6.45) is 18.3. The molecule has 0 radical (unpaired) electrons. The predicted octanol–water partition coefficient (Wildman–Crippen LogP) is 33.8. The molecule has 9 aromatic heterocycles.